The minimum atomic E-state index is -1.44. The summed E-state index contributed by atoms with van der Waals surface area (Å²) in [6, 6.07) is 0. The lowest BCUT2D eigenvalue weighted by Gasteiger charge is -2.23. The lowest BCUT2D eigenvalue weighted by molar-refractivity contribution is -0.155. The molecule has 0 bridgehead atoms. The zero-order valence-electron chi connectivity index (χ0n) is 16.1. The molecule has 0 atom stereocenters. The zero-order chi connectivity index (χ0) is 19.5. The van der Waals surface area contributed by atoms with Gasteiger partial charge in [0.25, 0.3) is 0 Å². The molecule has 0 aliphatic rings. The topological polar surface area (TPSA) is 77.8 Å². The molecule has 0 rings (SSSR count). The predicted octanol–water partition coefficient (Wildman–Crippen LogP) is 4.80. The summed E-state index contributed by atoms with van der Waals surface area (Å²) in [6.07, 6.45) is 25.3. The van der Waals surface area contributed by atoms with Crippen molar-refractivity contribution in [2.24, 2.45) is 5.41 Å². The maximum Gasteiger partial charge on any atom is 0.314 e. The van der Waals surface area contributed by atoms with E-state index >= 15 is 0 Å². The predicted molar refractivity (Wildman–Crippen MR) is 108 cm³/mol. The van der Waals surface area contributed by atoms with Gasteiger partial charge in [-0.15, -0.1) is 0 Å². The number of carboxylic acids is 1. The summed E-state index contributed by atoms with van der Waals surface area (Å²) >= 11 is 0. The summed E-state index contributed by atoms with van der Waals surface area (Å²) in [4.78, 5) is 11.1. The first-order valence-electron chi connectivity index (χ1n) is 9.68. The fourth-order valence-corrected chi connectivity index (χ4v) is 2.37. The first-order chi connectivity index (χ1) is 12.6. The fraction of sp³-hybridized carbons (Fsp3) is 0.591. The fourth-order valence-electron chi connectivity index (χ4n) is 2.37. The molecule has 0 aromatic rings. The van der Waals surface area contributed by atoms with E-state index in [4.69, 9.17) is 5.11 Å². The van der Waals surface area contributed by atoms with E-state index in [2.05, 4.69) is 43.4 Å². The van der Waals surface area contributed by atoms with Gasteiger partial charge in [0, 0.05) is 0 Å². The third-order valence-electron chi connectivity index (χ3n) is 4.31. The first kappa shape index (κ1) is 24.4. The lowest BCUT2D eigenvalue weighted by atomic mass is 9.85. The Morgan fingerprint density at radius 1 is 0.769 bits per heavy atom. The molecule has 26 heavy (non-hydrogen) atoms. The van der Waals surface area contributed by atoms with Crippen LogP contribution in [0.3, 0.4) is 0 Å². The second-order valence-electron chi connectivity index (χ2n) is 6.53. The van der Waals surface area contributed by atoms with Crippen molar-refractivity contribution >= 4 is 5.97 Å². The Labute approximate surface area is 158 Å². The standard InChI is InChI=1S/C22H36O4/c1-2-3-4-5-6-7-8-9-10-11-12-13-14-15-16-17-18-22(19-23,20-24)21(25)26/h6-7,9-10,12-13,15-16,23-24H,2-5,8,11,14,17-20H2,1H3,(H,25,26). The van der Waals surface area contributed by atoms with Crippen LogP contribution in [-0.2, 0) is 4.79 Å². The van der Waals surface area contributed by atoms with E-state index in [9.17, 15) is 15.0 Å². The van der Waals surface area contributed by atoms with Crippen LogP contribution >= 0.6 is 0 Å². The molecule has 0 heterocycles. The van der Waals surface area contributed by atoms with Gasteiger partial charge in [0.05, 0.1) is 13.2 Å². The molecule has 4 heteroatoms. The Hall–Kier alpha value is -1.65. The summed E-state index contributed by atoms with van der Waals surface area (Å²) in [6.45, 7) is 1.12. The number of rotatable bonds is 16. The quantitative estimate of drug-likeness (QED) is 0.272. The number of allylic oxidation sites excluding steroid dienone is 8. The molecule has 0 saturated heterocycles. The van der Waals surface area contributed by atoms with Gasteiger partial charge in [0.2, 0.25) is 0 Å². The molecule has 0 aromatic carbocycles. The van der Waals surface area contributed by atoms with Crippen LogP contribution in [0.5, 0.6) is 0 Å². The van der Waals surface area contributed by atoms with Crippen molar-refractivity contribution in [3.05, 3.63) is 48.6 Å². The molecule has 0 aromatic heterocycles. The van der Waals surface area contributed by atoms with Gasteiger partial charge in [-0.3, -0.25) is 4.79 Å². The molecule has 0 aliphatic heterocycles. The van der Waals surface area contributed by atoms with Crippen LogP contribution < -0.4 is 0 Å². The molecule has 0 fully saturated rings. The van der Waals surface area contributed by atoms with Gasteiger partial charge in [0.1, 0.15) is 5.41 Å². The van der Waals surface area contributed by atoms with E-state index in [0.717, 1.165) is 19.3 Å². The molecule has 4 nitrogen and oxygen atoms in total. The second-order valence-corrected chi connectivity index (χ2v) is 6.53. The highest BCUT2D eigenvalue weighted by Crippen LogP contribution is 2.23. The number of hydrogen-bond acceptors (Lipinski definition) is 3. The summed E-state index contributed by atoms with van der Waals surface area (Å²) < 4.78 is 0. The molecule has 0 saturated carbocycles. The molecule has 0 spiro atoms. The highest BCUT2D eigenvalue weighted by molar-refractivity contribution is 5.74. The van der Waals surface area contributed by atoms with Crippen LogP contribution in [0.1, 0.15) is 64.7 Å². The summed E-state index contributed by atoms with van der Waals surface area (Å²) in [5.74, 6) is -1.15. The Balaban J connectivity index is 3.79. The van der Waals surface area contributed by atoms with E-state index in [-0.39, 0.29) is 6.42 Å². The van der Waals surface area contributed by atoms with Gasteiger partial charge in [-0.05, 0) is 44.9 Å². The SMILES string of the molecule is CCCCCC=CCC=CCC=CCC=CCCC(CO)(CO)C(=O)O. The third kappa shape index (κ3) is 11.8. The summed E-state index contributed by atoms with van der Waals surface area (Å²) in [5.41, 5.74) is -1.44. The molecule has 0 radical (unpaired) electrons. The second kappa shape index (κ2) is 16.8. The average Bonchev–Trinajstić information content (AvgIpc) is 2.64. The molecule has 0 amide bonds. The largest absolute Gasteiger partial charge is 0.481 e. The van der Waals surface area contributed by atoms with Crippen molar-refractivity contribution < 1.29 is 20.1 Å². The summed E-state index contributed by atoms with van der Waals surface area (Å²) in [7, 11) is 0. The molecular formula is C22H36O4. The number of aliphatic hydroxyl groups is 2. The van der Waals surface area contributed by atoms with Gasteiger partial charge < -0.3 is 15.3 Å². The van der Waals surface area contributed by atoms with Crippen molar-refractivity contribution in [3.63, 3.8) is 0 Å². The molecule has 3 N–H and O–H groups in total. The van der Waals surface area contributed by atoms with Crippen LogP contribution in [0.25, 0.3) is 0 Å². The number of aliphatic hydroxyl groups excluding tert-OH is 2. The number of aliphatic carboxylic acids is 1. The molecular weight excluding hydrogens is 328 g/mol. The number of carbonyl (C=O) groups is 1. The van der Waals surface area contributed by atoms with E-state index in [0.29, 0.717) is 6.42 Å². The van der Waals surface area contributed by atoms with Crippen LogP contribution in [0, 0.1) is 5.41 Å². The van der Waals surface area contributed by atoms with Crippen LogP contribution in [0.4, 0.5) is 0 Å². The Bertz CT molecular complexity index is 457. The smallest absolute Gasteiger partial charge is 0.314 e. The van der Waals surface area contributed by atoms with Gasteiger partial charge >= 0.3 is 5.97 Å². The van der Waals surface area contributed by atoms with Gasteiger partial charge in [-0.25, -0.2) is 0 Å². The van der Waals surface area contributed by atoms with Crippen LogP contribution in [0.2, 0.25) is 0 Å². The Morgan fingerprint density at radius 2 is 1.23 bits per heavy atom. The van der Waals surface area contributed by atoms with Crippen molar-refractivity contribution in [2.45, 2.75) is 64.7 Å². The monoisotopic (exact) mass is 364 g/mol. The van der Waals surface area contributed by atoms with E-state index in [1.807, 2.05) is 12.2 Å². The molecule has 148 valence electrons. The van der Waals surface area contributed by atoms with Crippen molar-refractivity contribution in [1.82, 2.24) is 0 Å². The number of hydrogen-bond donors (Lipinski definition) is 3. The lowest BCUT2D eigenvalue weighted by Crippen LogP contribution is -2.38. The number of unbranched alkanes of at least 4 members (excludes halogenated alkanes) is 3. The highest BCUT2D eigenvalue weighted by atomic mass is 16.4. The van der Waals surface area contributed by atoms with Gasteiger partial charge in [-0.1, -0.05) is 68.4 Å². The third-order valence-corrected chi connectivity index (χ3v) is 4.31. The normalized spacial score (nSPS) is 13.0. The van der Waals surface area contributed by atoms with Crippen molar-refractivity contribution in [3.8, 4) is 0 Å². The number of carboxylic acid groups (broad SMARTS) is 1. The van der Waals surface area contributed by atoms with Crippen molar-refractivity contribution in [1.29, 1.82) is 0 Å². The minimum Gasteiger partial charge on any atom is -0.481 e. The van der Waals surface area contributed by atoms with Crippen LogP contribution in [-0.4, -0.2) is 34.5 Å². The minimum absolute atomic E-state index is 0.226. The molecule has 0 aliphatic carbocycles. The molecule has 0 unspecified atom stereocenters. The maximum atomic E-state index is 11.1. The Kier molecular flexibility index (Phi) is 15.7. The van der Waals surface area contributed by atoms with Gasteiger partial charge in [-0.2, -0.15) is 0 Å². The average molecular weight is 365 g/mol. The highest BCUT2D eigenvalue weighted by Gasteiger charge is 2.36. The Morgan fingerprint density at radius 3 is 1.65 bits per heavy atom. The maximum absolute atomic E-state index is 11.1. The first-order valence-corrected chi connectivity index (χ1v) is 9.68. The zero-order valence-corrected chi connectivity index (χ0v) is 16.1. The van der Waals surface area contributed by atoms with E-state index < -0.39 is 24.6 Å². The van der Waals surface area contributed by atoms with E-state index in [1.165, 1.54) is 25.7 Å². The van der Waals surface area contributed by atoms with Crippen LogP contribution in [0.15, 0.2) is 48.6 Å². The van der Waals surface area contributed by atoms with Gasteiger partial charge in [0.15, 0.2) is 0 Å². The van der Waals surface area contributed by atoms with E-state index in [1.54, 1.807) is 0 Å². The summed E-state index contributed by atoms with van der Waals surface area (Å²) in [5, 5.41) is 27.5. The van der Waals surface area contributed by atoms with Crippen molar-refractivity contribution in [2.75, 3.05) is 13.2 Å².